The minimum Gasteiger partial charge on any atom is -0.387 e. The van der Waals surface area contributed by atoms with Gasteiger partial charge in [-0.05, 0) is 44.4 Å². The standard InChI is InChI=1S/C15H22FNO2/c1-10-7-14(8-11(2)19-10)17-9-15(18)12-3-5-13(16)6-4-12/h3-6,10-11,14-15,17-18H,7-9H2,1-2H3. The van der Waals surface area contributed by atoms with E-state index >= 15 is 0 Å². The Bertz CT molecular complexity index is 386. The Labute approximate surface area is 113 Å². The lowest BCUT2D eigenvalue weighted by Crippen LogP contribution is -2.42. The fraction of sp³-hybridized carbons (Fsp3) is 0.600. The summed E-state index contributed by atoms with van der Waals surface area (Å²) < 4.78 is 18.5. The van der Waals surface area contributed by atoms with Crippen LogP contribution in [-0.4, -0.2) is 29.9 Å². The van der Waals surface area contributed by atoms with Crippen molar-refractivity contribution >= 4 is 0 Å². The molecular weight excluding hydrogens is 245 g/mol. The summed E-state index contributed by atoms with van der Waals surface area (Å²) in [4.78, 5) is 0. The maximum absolute atomic E-state index is 12.8. The topological polar surface area (TPSA) is 41.5 Å². The average molecular weight is 267 g/mol. The monoisotopic (exact) mass is 267 g/mol. The average Bonchev–Trinajstić information content (AvgIpc) is 2.36. The second-order valence-electron chi connectivity index (χ2n) is 5.40. The zero-order valence-corrected chi connectivity index (χ0v) is 11.5. The molecule has 0 amide bonds. The van der Waals surface area contributed by atoms with Crippen molar-refractivity contribution in [3.8, 4) is 0 Å². The third-order valence-electron chi connectivity index (χ3n) is 3.55. The van der Waals surface area contributed by atoms with Gasteiger partial charge in [-0.15, -0.1) is 0 Å². The minimum atomic E-state index is -0.603. The van der Waals surface area contributed by atoms with Crippen LogP contribution in [-0.2, 0) is 4.74 Å². The van der Waals surface area contributed by atoms with Gasteiger partial charge in [-0.2, -0.15) is 0 Å². The largest absolute Gasteiger partial charge is 0.387 e. The minimum absolute atomic E-state index is 0.254. The number of nitrogens with one attached hydrogen (secondary N) is 1. The molecule has 3 nitrogen and oxygen atoms in total. The van der Waals surface area contributed by atoms with Crippen molar-refractivity contribution in [3.05, 3.63) is 35.6 Å². The molecule has 2 rings (SSSR count). The van der Waals surface area contributed by atoms with E-state index in [0.717, 1.165) is 18.4 Å². The lowest BCUT2D eigenvalue weighted by Gasteiger charge is -2.33. The van der Waals surface area contributed by atoms with Crippen molar-refractivity contribution in [3.63, 3.8) is 0 Å². The van der Waals surface area contributed by atoms with Crippen molar-refractivity contribution in [2.45, 2.75) is 51.0 Å². The molecule has 4 heteroatoms. The molecule has 0 aliphatic carbocycles. The predicted octanol–water partition coefficient (Wildman–Crippen LogP) is 2.40. The zero-order valence-electron chi connectivity index (χ0n) is 11.5. The van der Waals surface area contributed by atoms with Gasteiger partial charge in [0.2, 0.25) is 0 Å². The van der Waals surface area contributed by atoms with Crippen LogP contribution in [0.15, 0.2) is 24.3 Å². The summed E-state index contributed by atoms with van der Waals surface area (Å²) in [5, 5.41) is 13.4. The Kier molecular flexibility index (Phi) is 4.91. The van der Waals surface area contributed by atoms with Crippen molar-refractivity contribution < 1.29 is 14.2 Å². The highest BCUT2D eigenvalue weighted by molar-refractivity contribution is 5.18. The van der Waals surface area contributed by atoms with E-state index in [1.165, 1.54) is 12.1 Å². The van der Waals surface area contributed by atoms with Crippen LogP contribution >= 0.6 is 0 Å². The second kappa shape index (κ2) is 6.46. The van der Waals surface area contributed by atoms with Gasteiger partial charge in [0.15, 0.2) is 0 Å². The van der Waals surface area contributed by atoms with Crippen LogP contribution < -0.4 is 5.32 Å². The van der Waals surface area contributed by atoms with E-state index in [0.29, 0.717) is 12.6 Å². The van der Waals surface area contributed by atoms with E-state index in [4.69, 9.17) is 4.74 Å². The first kappa shape index (κ1) is 14.4. The van der Waals surface area contributed by atoms with Gasteiger partial charge >= 0.3 is 0 Å². The Morgan fingerprint density at radius 1 is 1.26 bits per heavy atom. The number of ether oxygens (including phenoxy) is 1. The third kappa shape index (κ3) is 4.27. The van der Waals surface area contributed by atoms with Crippen LogP contribution in [0.25, 0.3) is 0 Å². The molecule has 3 unspecified atom stereocenters. The molecule has 0 radical (unpaired) electrons. The van der Waals surface area contributed by atoms with E-state index in [2.05, 4.69) is 19.2 Å². The van der Waals surface area contributed by atoms with E-state index in [-0.39, 0.29) is 18.0 Å². The molecule has 0 bridgehead atoms. The summed E-state index contributed by atoms with van der Waals surface area (Å²) in [5.41, 5.74) is 0.738. The molecule has 1 aromatic carbocycles. The lowest BCUT2D eigenvalue weighted by atomic mass is 9.99. The maximum Gasteiger partial charge on any atom is 0.123 e. The summed E-state index contributed by atoms with van der Waals surface area (Å²) in [7, 11) is 0. The smallest absolute Gasteiger partial charge is 0.123 e. The summed E-state index contributed by atoms with van der Waals surface area (Å²) in [6, 6.07) is 6.36. The Morgan fingerprint density at radius 3 is 2.42 bits per heavy atom. The molecule has 1 aliphatic rings. The van der Waals surface area contributed by atoms with Gasteiger partial charge in [0.25, 0.3) is 0 Å². The number of halogens is 1. The van der Waals surface area contributed by atoms with Crippen LogP contribution in [0.2, 0.25) is 0 Å². The Balaban J connectivity index is 1.83. The molecule has 3 atom stereocenters. The van der Waals surface area contributed by atoms with E-state index in [1.807, 2.05) is 0 Å². The number of aliphatic hydroxyl groups is 1. The van der Waals surface area contributed by atoms with E-state index < -0.39 is 6.10 Å². The third-order valence-corrected chi connectivity index (χ3v) is 3.55. The van der Waals surface area contributed by atoms with Crippen LogP contribution in [0.1, 0.15) is 38.4 Å². The summed E-state index contributed by atoms with van der Waals surface area (Å²) in [6.45, 7) is 4.62. The molecule has 1 aliphatic heterocycles. The summed E-state index contributed by atoms with van der Waals surface area (Å²) in [6.07, 6.45) is 1.82. The van der Waals surface area contributed by atoms with Gasteiger partial charge in [0, 0.05) is 12.6 Å². The van der Waals surface area contributed by atoms with Crippen molar-refractivity contribution in [2.24, 2.45) is 0 Å². The highest BCUT2D eigenvalue weighted by Crippen LogP contribution is 2.20. The highest BCUT2D eigenvalue weighted by Gasteiger charge is 2.24. The fourth-order valence-electron chi connectivity index (χ4n) is 2.65. The van der Waals surface area contributed by atoms with Crippen LogP contribution in [0.5, 0.6) is 0 Å². The lowest BCUT2D eigenvalue weighted by molar-refractivity contribution is -0.0433. The van der Waals surface area contributed by atoms with Gasteiger partial charge in [-0.25, -0.2) is 4.39 Å². The van der Waals surface area contributed by atoms with Crippen molar-refractivity contribution in [1.29, 1.82) is 0 Å². The number of aliphatic hydroxyl groups excluding tert-OH is 1. The molecule has 0 spiro atoms. The van der Waals surface area contributed by atoms with Crippen LogP contribution in [0.3, 0.4) is 0 Å². The first-order valence-corrected chi connectivity index (χ1v) is 6.87. The maximum atomic E-state index is 12.8. The number of hydrogen-bond donors (Lipinski definition) is 2. The van der Waals surface area contributed by atoms with Gasteiger partial charge in [-0.3, -0.25) is 0 Å². The van der Waals surface area contributed by atoms with E-state index in [1.54, 1.807) is 12.1 Å². The number of hydrogen-bond acceptors (Lipinski definition) is 3. The summed E-state index contributed by atoms with van der Waals surface area (Å²) >= 11 is 0. The molecule has 19 heavy (non-hydrogen) atoms. The Morgan fingerprint density at radius 2 is 1.84 bits per heavy atom. The highest BCUT2D eigenvalue weighted by atomic mass is 19.1. The van der Waals surface area contributed by atoms with Crippen molar-refractivity contribution in [2.75, 3.05) is 6.54 Å². The van der Waals surface area contributed by atoms with Gasteiger partial charge in [0.1, 0.15) is 5.82 Å². The molecule has 0 aromatic heterocycles. The van der Waals surface area contributed by atoms with Gasteiger partial charge < -0.3 is 15.2 Å². The molecule has 1 saturated heterocycles. The molecule has 106 valence electrons. The molecular formula is C15H22FNO2. The molecule has 1 fully saturated rings. The number of benzene rings is 1. The normalized spacial score (nSPS) is 29.2. The first-order chi connectivity index (χ1) is 9.04. The zero-order chi connectivity index (χ0) is 13.8. The second-order valence-corrected chi connectivity index (χ2v) is 5.40. The van der Waals surface area contributed by atoms with Gasteiger partial charge in [0.05, 0.1) is 18.3 Å². The van der Waals surface area contributed by atoms with Crippen LogP contribution in [0.4, 0.5) is 4.39 Å². The Hall–Kier alpha value is -0.970. The SMILES string of the molecule is CC1CC(NCC(O)c2ccc(F)cc2)CC(C)O1. The van der Waals surface area contributed by atoms with Crippen LogP contribution in [0, 0.1) is 5.82 Å². The summed E-state index contributed by atoms with van der Waals surface area (Å²) in [5.74, 6) is -0.281. The molecule has 1 aromatic rings. The van der Waals surface area contributed by atoms with Crippen molar-refractivity contribution in [1.82, 2.24) is 5.32 Å². The quantitative estimate of drug-likeness (QED) is 0.880. The first-order valence-electron chi connectivity index (χ1n) is 6.87. The van der Waals surface area contributed by atoms with Gasteiger partial charge in [-0.1, -0.05) is 12.1 Å². The molecule has 0 saturated carbocycles. The fourth-order valence-corrected chi connectivity index (χ4v) is 2.65. The number of rotatable bonds is 4. The van der Waals surface area contributed by atoms with E-state index in [9.17, 15) is 9.50 Å². The molecule has 1 heterocycles. The predicted molar refractivity (Wildman–Crippen MR) is 72.4 cm³/mol. The molecule has 2 N–H and O–H groups in total.